The Kier molecular flexibility index (Phi) is 7.23. The lowest BCUT2D eigenvalue weighted by molar-refractivity contribution is -0.127. The van der Waals surface area contributed by atoms with Gasteiger partial charge in [0.15, 0.2) is 5.69 Å². The highest BCUT2D eigenvalue weighted by molar-refractivity contribution is 6.12. The molecule has 1 N–H and O–H groups in total. The number of ether oxygens (including phenoxy) is 1. The van der Waals surface area contributed by atoms with Crippen LogP contribution in [-0.4, -0.2) is 45.8 Å². The van der Waals surface area contributed by atoms with Gasteiger partial charge in [0.25, 0.3) is 5.91 Å². The minimum Gasteiger partial charge on any atom is -0.461 e. The normalized spacial score (nSPS) is 21.1. The van der Waals surface area contributed by atoms with Crippen molar-refractivity contribution in [3.05, 3.63) is 47.0 Å². The van der Waals surface area contributed by atoms with E-state index in [1.807, 2.05) is 0 Å². The number of amides is 2. The summed E-state index contributed by atoms with van der Waals surface area (Å²) < 4.78 is 21.0. The van der Waals surface area contributed by atoms with Crippen molar-refractivity contribution in [3.63, 3.8) is 0 Å². The number of nitrogens with one attached hydrogen (secondary N) is 1. The molecule has 0 unspecified atom stereocenters. The van der Waals surface area contributed by atoms with Crippen LogP contribution in [0.15, 0.2) is 24.3 Å². The molecule has 2 aliphatic rings. The lowest BCUT2D eigenvalue weighted by atomic mass is 9.91. The Bertz CT molecular complexity index is 1120. The summed E-state index contributed by atoms with van der Waals surface area (Å²) in [6, 6.07) is 5.87. The van der Waals surface area contributed by atoms with Gasteiger partial charge in [0.1, 0.15) is 17.1 Å². The summed E-state index contributed by atoms with van der Waals surface area (Å²) in [6.07, 6.45) is 7.35. The fourth-order valence-corrected chi connectivity index (χ4v) is 4.95. The molecule has 188 valence electrons. The second-order valence-electron chi connectivity index (χ2n) is 9.66. The number of carbonyl (C=O) groups is 3. The third kappa shape index (κ3) is 4.94. The number of benzene rings is 1. The van der Waals surface area contributed by atoms with Crippen molar-refractivity contribution in [3.8, 4) is 0 Å². The summed E-state index contributed by atoms with van der Waals surface area (Å²) in [4.78, 5) is 41.1. The van der Waals surface area contributed by atoms with E-state index in [-0.39, 0.29) is 42.2 Å². The summed E-state index contributed by atoms with van der Waals surface area (Å²) in [7, 11) is 0. The number of aromatic nitrogens is 2. The van der Waals surface area contributed by atoms with Crippen LogP contribution in [0.3, 0.4) is 0 Å². The largest absolute Gasteiger partial charge is 0.461 e. The number of carbonyl (C=O) groups excluding carboxylic acids is 3. The Hall–Kier alpha value is -3.23. The molecule has 9 heteroatoms. The zero-order chi connectivity index (χ0) is 25.2. The van der Waals surface area contributed by atoms with Gasteiger partial charge in [-0.25, -0.2) is 9.18 Å². The average Bonchev–Trinajstić information content (AvgIpc) is 3.22. The van der Waals surface area contributed by atoms with Crippen molar-refractivity contribution in [1.29, 1.82) is 0 Å². The van der Waals surface area contributed by atoms with Crippen molar-refractivity contribution in [1.82, 2.24) is 15.1 Å². The first-order valence-electron chi connectivity index (χ1n) is 12.4. The molecule has 1 aliphatic heterocycles. The van der Waals surface area contributed by atoms with E-state index < -0.39 is 23.2 Å². The third-order valence-electron chi connectivity index (χ3n) is 6.98. The summed E-state index contributed by atoms with van der Waals surface area (Å²) in [5.41, 5.74) is -0.529. The number of hydrogen-bond acceptors (Lipinski definition) is 5. The predicted octanol–water partition coefficient (Wildman–Crippen LogP) is 4.16. The van der Waals surface area contributed by atoms with Crippen LogP contribution >= 0.6 is 0 Å². The van der Waals surface area contributed by atoms with Gasteiger partial charge in [-0.1, -0.05) is 38.2 Å². The number of rotatable bonds is 5. The second kappa shape index (κ2) is 10.2. The summed E-state index contributed by atoms with van der Waals surface area (Å²) in [5, 5.41) is 7.44. The second-order valence-corrected chi connectivity index (χ2v) is 9.66. The van der Waals surface area contributed by atoms with Crippen LogP contribution < -0.4 is 10.2 Å². The average molecular weight is 485 g/mol. The fourth-order valence-electron chi connectivity index (χ4n) is 4.95. The first kappa shape index (κ1) is 24.9. The minimum atomic E-state index is -1.38. The zero-order valence-electron chi connectivity index (χ0n) is 20.6. The maximum Gasteiger partial charge on any atom is 0.358 e. The molecule has 0 saturated heterocycles. The summed E-state index contributed by atoms with van der Waals surface area (Å²) in [6.45, 7) is 5.17. The molecule has 0 spiro atoms. The molecular weight excluding hydrogens is 451 g/mol. The third-order valence-corrected chi connectivity index (χ3v) is 6.98. The number of fused-ring (bicyclic) bond motifs is 1. The highest BCUT2D eigenvalue weighted by atomic mass is 19.1. The van der Waals surface area contributed by atoms with Crippen LogP contribution in [0.5, 0.6) is 0 Å². The van der Waals surface area contributed by atoms with Crippen molar-refractivity contribution in [2.45, 2.75) is 83.8 Å². The molecule has 0 radical (unpaired) electrons. The quantitative estimate of drug-likeness (QED) is 0.644. The molecule has 1 atom stereocenters. The highest BCUT2D eigenvalue weighted by Gasteiger charge is 2.49. The molecule has 1 fully saturated rings. The van der Waals surface area contributed by atoms with Crippen LogP contribution in [0, 0.1) is 12.7 Å². The summed E-state index contributed by atoms with van der Waals surface area (Å²) in [5.74, 6) is -1.96. The van der Waals surface area contributed by atoms with Crippen molar-refractivity contribution in [2.75, 3.05) is 11.5 Å². The van der Waals surface area contributed by atoms with Crippen LogP contribution in [0.2, 0.25) is 0 Å². The molecule has 8 nitrogen and oxygen atoms in total. The van der Waals surface area contributed by atoms with Crippen molar-refractivity contribution < 1.29 is 23.5 Å². The molecule has 1 saturated carbocycles. The van der Waals surface area contributed by atoms with Gasteiger partial charge in [-0.3, -0.25) is 19.2 Å². The molecule has 4 rings (SSSR count). The maximum absolute atomic E-state index is 14.5. The van der Waals surface area contributed by atoms with Gasteiger partial charge < -0.3 is 10.1 Å². The number of esters is 1. The van der Waals surface area contributed by atoms with Gasteiger partial charge in [0.05, 0.1) is 13.2 Å². The number of halogens is 1. The first-order chi connectivity index (χ1) is 16.7. The zero-order valence-corrected chi connectivity index (χ0v) is 20.6. The SMILES string of the molecule is CCOC(=O)c1cc2n(n1)C[C@@](C)(C(=O)NC1CCCCCCC1)N(c1ccc(C)c(F)c1)C2=O. The standard InChI is InChI=1S/C26H33FN4O4/c1-4-35-24(33)21-15-22-23(32)31(19-13-12-17(2)20(27)14-19)26(3,16-30(22)29-21)25(34)28-18-10-8-6-5-7-9-11-18/h12-15,18H,4-11,16H2,1-3H3,(H,28,34)/t26-/m0/s1. The molecular formula is C26H33FN4O4. The van der Waals surface area contributed by atoms with Crippen LogP contribution in [0.4, 0.5) is 10.1 Å². The van der Waals surface area contributed by atoms with E-state index >= 15 is 0 Å². The van der Waals surface area contributed by atoms with E-state index in [0.717, 1.165) is 38.5 Å². The van der Waals surface area contributed by atoms with Gasteiger partial charge in [-0.15, -0.1) is 0 Å². The molecule has 2 amide bonds. The lowest BCUT2D eigenvalue weighted by Crippen LogP contribution is -2.65. The number of aryl methyl sites for hydroxylation is 1. The molecule has 1 aromatic heterocycles. The Morgan fingerprint density at radius 1 is 1.17 bits per heavy atom. The van der Waals surface area contributed by atoms with E-state index in [2.05, 4.69) is 10.4 Å². The van der Waals surface area contributed by atoms with E-state index in [9.17, 15) is 18.8 Å². The van der Waals surface area contributed by atoms with E-state index in [1.54, 1.807) is 32.9 Å². The number of anilines is 1. The lowest BCUT2D eigenvalue weighted by Gasteiger charge is -2.43. The fraction of sp³-hybridized carbons (Fsp3) is 0.538. The topological polar surface area (TPSA) is 93.5 Å². The number of nitrogens with zero attached hydrogens (tertiary/aromatic N) is 3. The molecule has 0 bridgehead atoms. The smallest absolute Gasteiger partial charge is 0.358 e. The number of hydrogen-bond donors (Lipinski definition) is 1. The van der Waals surface area contributed by atoms with E-state index in [1.165, 1.54) is 28.1 Å². The predicted molar refractivity (Wildman–Crippen MR) is 129 cm³/mol. The van der Waals surface area contributed by atoms with E-state index in [0.29, 0.717) is 5.56 Å². The maximum atomic E-state index is 14.5. The van der Waals surface area contributed by atoms with Crippen molar-refractivity contribution in [2.24, 2.45) is 0 Å². The van der Waals surface area contributed by atoms with Crippen LogP contribution in [-0.2, 0) is 16.1 Å². The van der Waals surface area contributed by atoms with E-state index in [4.69, 9.17) is 4.74 Å². The van der Waals surface area contributed by atoms with Crippen molar-refractivity contribution >= 4 is 23.5 Å². The summed E-state index contributed by atoms with van der Waals surface area (Å²) >= 11 is 0. The van der Waals surface area contributed by atoms with Crippen LogP contribution in [0.25, 0.3) is 0 Å². The van der Waals surface area contributed by atoms with Crippen LogP contribution in [0.1, 0.15) is 85.3 Å². The monoisotopic (exact) mass is 484 g/mol. The Morgan fingerprint density at radius 2 is 1.86 bits per heavy atom. The van der Waals surface area contributed by atoms with Gasteiger partial charge in [0.2, 0.25) is 5.91 Å². The Labute approximate surface area is 204 Å². The Morgan fingerprint density at radius 3 is 2.51 bits per heavy atom. The first-order valence-corrected chi connectivity index (χ1v) is 12.4. The minimum absolute atomic E-state index is 0.00471. The molecule has 35 heavy (non-hydrogen) atoms. The molecule has 1 aliphatic carbocycles. The van der Waals surface area contributed by atoms with Gasteiger partial charge in [-0.05, 0) is 51.3 Å². The molecule has 2 aromatic rings. The highest BCUT2D eigenvalue weighted by Crippen LogP contribution is 2.34. The van der Waals surface area contributed by atoms with Gasteiger partial charge in [-0.2, -0.15) is 5.10 Å². The molecule has 2 heterocycles. The Balaban J connectivity index is 1.73. The van der Waals surface area contributed by atoms with Gasteiger partial charge in [0, 0.05) is 17.8 Å². The molecule has 1 aromatic carbocycles. The van der Waals surface area contributed by atoms with Gasteiger partial charge >= 0.3 is 5.97 Å².